The molecule has 0 saturated heterocycles. The summed E-state index contributed by atoms with van der Waals surface area (Å²) in [5, 5.41) is 10.2. The predicted octanol–water partition coefficient (Wildman–Crippen LogP) is 4.06. The van der Waals surface area contributed by atoms with Gasteiger partial charge in [0.05, 0.1) is 5.56 Å². The van der Waals surface area contributed by atoms with Gasteiger partial charge in [-0.1, -0.05) is 24.3 Å². The second kappa shape index (κ2) is 6.02. The number of thiophene rings is 1. The van der Waals surface area contributed by atoms with Crippen molar-refractivity contribution < 1.29 is 4.79 Å². The molecule has 1 heterocycles. The van der Waals surface area contributed by atoms with Gasteiger partial charge in [0.25, 0.3) is 0 Å². The van der Waals surface area contributed by atoms with Crippen molar-refractivity contribution in [3.05, 3.63) is 51.4 Å². The molecule has 1 aliphatic rings. The fraction of sp³-hybridized carbons (Fsp3) is 0.235. The maximum atomic E-state index is 10.6. The molecule has 0 bridgehead atoms. The van der Waals surface area contributed by atoms with E-state index in [4.69, 9.17) is 0 Å². The first kappa shape index (κ1) is 13.7. The Labute approximate surface area is 127 Å². The van der Waals surface area contributed by atoms with E-state index in [9.17, 15) is 10.1 Å². The van der Waals surface area contributed by atoms with Crippen molar-refractivity contribution in [3.63, 3.8) is 0 Å². The molecule has 1 aromatic heterocycles. The van der Waals surface area contributed by atoms with Crippen LogP contribution in [-0.4, -0.2) is 12.5 Å². The lowest BCUT2D eigenvalue weighted by molar-refractivity contribution is 0.112. The molecule has 3 rings (SSSR count). The molecule has 4 heteroatoms. The van der Waals surface area contributed by atoms with Crippen LogP contribution in [0.25, 0.3) is 0 Å². The second-order valence-electron chi connectivity index (χ2n) is 5.05. The zero-order valence-electron chi connectivity index (χ0n) is 11.5. The molecule has 0 fully saturated rings. The Hall–Kier alpha value is -2.25. The van der Waals surface area contributed by atoms with Gasteiger partial charge < -0.3 is 0 Å². The number of nitriles is 1. The molecule has 0 N–H and O–H groups in total. The highest BCUT2D eigenvalue weighted by Gasteiger charge is 2.19. The summed E-state index contributed by atoms with van der Waals surface area (Å²) >= 11 is 1.64. The third kappa shape index (κ3) is 2.79. The van der Waals surface area contributed by atoms with E-state index >= 15 is 0 Å². The number of carbonyl (C=O) groups excluding carboxylic acids is 1. The number of carbonyl (C=O) groups is 1. The van der Waals surface area contributed by atoms with Gasteiger partial charge in [-0.3, -0.25) is 4.79 Å². The van der Waals surface area contributed by atoms with Crippen molar-refractivity contribution in [1.82, 2.24) is 0 Å². The molecule has 0 amide bonds. The van der Waals surface area contributed by atoms with Crippen LogP contribution >= 0.6 is 11.3 Å². The molecular weight excluding hydrogens is 280 g/mol. The molecule has 2 aromatic rings. The van der Waals surface area contributed by atoms with Gasteiger partial charge in [0, 0.05) is 16.7 Å². The summed E-state index contributed by atoms with van der Waals surface area (Å²) in [7, 11) is 0. The van der Waals surface area contributed by atoms with Crippen molar-refractivity contribution in [2.24, 2.45) is 4.99 Å². The van der Waals surface area contributed by atoms with E-state index in [0.717, 1.165) is 41.7 Å². The lowest BCUT2D eigenvalue weighted by Crippen LogP contribution is -1.99. The molecule has 0 atom stereocenters. The highest BCUT2D eigenvalue weighted by atomic mass is 32.1. The number of hydrogen-bond acceptors (Lipinski definition) is 4. The predicted molar refractivity (Wildman–Crippen MR) is 84.8 cm³/mol. The number of fused-ring (bicyclic) bond motifs is 1. The normalized spacial score (nSPS) is 13.9. The van der Waals surface area contributed by atoms with Crippen molar-refractivity contribution in [1.29, 1.82) is 5.26 Å². The number of aliphatic imine (C=N–C) groups is 1. The molecule has 1 aromatic carbocycles. The Morgan fingerprint density at radius 1 is 1.14 bits per heavy atom. The zero-order valence-corrected chi connectivity index (χ0v) is 12.3. The van der Waals surface area contributed by atoms with Crippen LogP contribution in [0, 0.1) is 11.3 Å². The molecule has 0 spiro atoms. The minimum atomic E-state index is 0.649. The standard InChI is InChI=1S/C17H14N2OS/c18-9-15-14-3-1-2-4-16(14)21-17(15)19-10-12-5-7-13(11-20)8-6-12/h5-8,10-11H,1-4H2/b19-10+. The SMILES string of the molecule is N#Cc1c(/N=C/c2ccc(C=O)cc2)sc2c1CCCC2. The monoisotopic (exact) mass is 294 g/mol. The van der Waals surface area contributed by atoms with Crippen molar-refractivity contribution in [3.8, 4) is 6.07 Å². The van der Waals surface area contributed by atoms with Gasteiger partial charge in [0.1, 0.15) is 17.4 Å². The number of nitrogens with zero attached hydrogens (tertiary/aromatic N) is 2. The number of rotatable bonds is 3. The van der Waals surface area contributed by atoms with Gasteiger partial charge in [0.15, 0.2) is 0 Å². The average Bonchev–Trinajstić information content (AvgIpc) is 2.91. The Balaban J connectivity index is 1.90. The smallest absolute Gasteiger partial charge is 0.150 e. The second-order valence-corrected chi connectivity index (χ2v) is 6.13. The molecule has 1 aliphatic carbocycles. The first-order valence-corrected chi connectivity index (χ1v) is 7.77. The lowest BCUT2D eigenvalue weighted by Gasteiger charge is -2.09. The van der Waals surface area contributed by atoms with Crippen LogP contribution in [0.1, 0.15) is 44.8 Å². The maximum Gasteiger partial charge on any atom is 0.150 e. The van der Waals surface area contributed by atoms with E-state index in [1.807, 2.05) is 12.1 Å². The molecular formula is C17H14N2OS. The molecule has 104 valence electrons. The van der Waals surface area contributed by atoms with E-state index < -0.39 is 0 Å². The van der Waals surface area contributed by atoms with Gasteiger partial charge >= 0.3 is 0 Å². The van der Waals surface area contributed by atoms with E-state index in [-0.39, 0.29) is 0 Å². The number of hydrogen-bond donors (Lipinski definition) is 0. The summed E-state index contributed by atoms with van der Waals surface area (Å²) in [6, 6.07) is 9.54. The fourth-order valence-corrected chi connectivity index (χ4v) is 3.73. The van der Waals surface area contributed by atoms with Crippen LogP contribution in [0.15, 0.2) is 29.3 Å². The van der Waals surface area contributed by atoms with Gasteiger partial charge in [0.2, 0.25) is 0 Å². The molecule has 3 nitrogen and oxygen atoms in total. The first-order chi connectivity index (χ1) is 10.3. The van der Waals surface area contributed by atoms with E-state index in [1.54, 1.807) is 29.7 Å². The third-order valence-corrected chi connectivity index (χ3v) is 4.87. The Morgan fingerprint density at radius 3 is 2.57 bits per heavy atom. The van der Waals surface area contributed by atoms with Crippen LogP contribution in [0.2, 0.25) is 0 Å². The molecule has 21 heavy (non-hydrogen) atoms. The number of benzene rings is 1. The van der Waals surface area contributed by atoms with E-state index in [0.29, 0.717) is 5.56 Å². The van der Waals surface area contributed by atoms with Crippen molar-refractivity contribution >= 4 is 28.8 Å². The van der Waals surface area contributed by atoms with Gasteiger partial charge in [-0.15, -0.1) is 11.3 Å². The Kier molecular flexibility index (Phi) is 3.94. The maximum absolute atomic E-state index is 10.6. The molecule has 0 saturated carbocycles. The number of aryl methyl sites for hydroxylation is 1. The van der Waals surface area contributed by atoms with E-state index in [1.165, 1.54) is 16.9 Å². The van der Waals surface area contributed by atoms with E-state index in [2.05, 4.69) is 11.1 Å². The minimum Gasteiger partial charge on any atom is -0.298 e. The Bertz CT molecular complexity index is 735. The van der Waals surface area contributed by atoms with Gasteiger partial charge in [-0.05, 0) is 36.8 Å². The van der Waals surface area contributed by atoms with Crippen LogP contribution in [0.3, 0.4) is 0 Å². The average molecular weight is 294 g/mol. The highest BCUT2D eigenvalue weighted by Crippen LogP contribution is 2.39. The molecule has 0 unspecified atom stereocenters. The molecule has 0 aliphatic heterocycles. The topological polar surface area (TPSA) is 53.2 Å². The third-order valence-electron chi connectivity index (χ3n) is 3.67. The number of aldehydes is 1. The first-order valence-electron chi connectivity index (χ1n) is 6.96. The minimum absolute atomic E-state index is 0.649. The summed E-state index contributed by atoms with van der Waals surface area (Å²) in [5.74, 6) is 0. The summed E-state index contributed by atoms with van der Waals surface area (Å²) < 4.78 is 0. The zero-order chi connectivity index (χ0) is 14.7. The van der Waals surface area contributed by atoms with Crippen LogP contribution in [-0.2, 0) is 12.8 Å². The Morgan fingerprint density at radius 2 is 1.86 bits per heavy atom. The summed E-state index contributed by atoms with van der Waals surface area (Å²) in [4.78, 5) is 16.4. The largest absolute Gasteiger partial charge is 0.298 e. The van der Waals surface area contributed by atoms with Crippen LogP contribution < -0.4 is 0 Å². The lowest BCUT2D eigenvalue weighted by atomic mass is 9.96. The van der Waals surface area contributed by atoms with Gasteiger partial charge in [-0.2, -0.15) is 5.26 Å². The summed E-state index contributed by atoms with van der Waals surface area (Å²) in [6.07, 6.45) is 7.01. The van der Waals surface area contributed by atoms with Gasteiger partial charge in [-0.25, -0.2) is 4.99 Å². The van der Waals surface area contributed by atoms with Crippen LogP contribution in [0.4, 0.5) is 5.00 Å². The van der Waals surface area contributed by atoms with Crippen LogP contribution in [0.5, 0.6) is 0 Å². The van der Waals surface area contributed by atoms with Crippen molar-refractivity contribution in [2.45, 2.75) is 25.7 Å². The summed E-state index contributed by atoms with van der Waals surface area (Å²) in [6.45, 7) is 0. The highest BCUT2D eigenvalue weighted by molar-refractivity contribution is 7.16. The fourth-order valence-electron chi connectivity index (χ4n) is 2.55. The quantitative estimate of drug-likeness (QED) is 0.633. The van der Waals surface area contributed by atoms with Crippen molar-refractivity contribution in [2.75, 3.05) is 0 Å². The summed E-state index contributed by atoms with van der Waals surface area (Å²) in [5.41, 5.74) is 3.53. The molecule has 0 radical (unpaired) electrons.